The minimum atomic E-state index is -0.706. The van der Waals surface area contributed by atoms with Crippen LogP contribution in [-0.2, 0) is 9.59 Å². The number of hydrogen-bond donors (Lipinski definition) is 2. The number of hydrogen-bond acceptors (Lipinski definition) is 9. The molecular weight excluding hydrogens is 462 g/mol. The molecule has 0 fully saturated rings. The van der Waals surface area contributed by atoms with Crippen LogP contribution in [0.1, 0.15) is 64.4 Å². The summed E-state index contributed by atoms with van der Waals surface area (Å²) in [6.07, 6.45) is 9.26. The van der Waals surface area contributed by atoms with Crippen LogP contribution in [0.4, 0.5) is 5.69 Å². The normalized spacial score (nSPS) is 14.8. The lowest BCUT2D eigenvalue weighted by atomic mass is 10.0. The molecule has 2 heterocycles. The fourth-order valence-electron chi connectivity index (χ4n) is 4.16. The molecule has 1 atom stereocenters. The van der Waals surface area contributed by atoms with Gasteiger partial charge in [0, 0.05) is 29.8 Å². The number of carbonyl (C=O) groups is 2. The van der Waals surface area contributed by atoms with Gasteiger partial charge < -0.3 is 30.0 Å². The third-order valence-corrected chi connectivity index (χ3v) is 6.05. The number of benzene rings is 1. The topological polar surface area (TPSA) is 122 Å². The molecule has 2 aromatic rings. The number of nitrogens with two attached hydrogens (primary N) is 1. The second kappa shape index (κ2) is 13.1. The average Bonchev–Trinajstić information content (AvgIpc) is 2.85. The molecule has 0 saturated heterocycles. The van der Waals surface area contributed by atoms with Crippen molar-refractivity contribution < 1.29 is 28.5 Å². The van der Waals surface area contributed by atoms with Crippen LogP contribution in [0.5, 0.6) is 23.1 Å². The van der Waals surface area contributed by atoms with Crippen molar-refractivity contribution in [2.45, 2.75) is 71.8 Å². The van der Waals surface area contributed by atoms with Crippen LogP contribution in [0.2, 0.25) is 0 Å². The SMILES string of the molecule is CCCCCCCOc1c(OC)cc(NC(C)CCCN)c2nc3c(c(C)c12)OC(=O)/C=C/C(=O)O3. The van der Waals surface area contributed by atoms with Crippen LogP contribution in [0.15, 0.2) is 18.2 Å². The van der Waals surface area contributed by atoms with Crippen molar-refractivity contribution in [2.75, 3.05) is 25.6 Å². The Morgan fingerprint density at radius 3 is 2.50 bits per heavy atom. The van der Waals surface area contributed by atoms with Crippen LogP contribution in [-0.4, -0.2) is 43.2 Å². The third-order valence-electron chi connectivity index (χ3n) is 6.05. The standard InChI is InChI=1S/C27H37N3O6/c1-5-6-7-8-9-15-34-26-20(33-4)16-19(29-17(2)11-10-14-28)24-23(26)18(3)25-27(30-24)36-22(32)13-12-21(31)35-25/h12-13,16-17,29H,5-11,14-15,28H2,1-4H3/b13-12+. The van der Waals surface area contributed by atoms with Crippen LogP contribution in [0.3, 0.4) is 0 Å². The molecule has 0 radical (unpaired) electrons. The number of unbranched alkanes of at least 4 members (excludes halogenated alkanes) is 4. The van der Waals surface area contributed by atoms with Gasteiger partial charge in [0.05, 0.1) is 24.8 Å². The Morgan fingerprint density at radius 1 is 1.08 bits per heavy atom. The number of aromatic nitrogens is 1. The Morgan fingerprint density at radius 2 is 1.81 bits per heavy atom. The number of methoxy groups -OCH3 is 1. The van der Waals surface area contributed by atoms with Crippen molar-refractivity contribution >= 4 is 28.5 Å². The summed E-state index contributed by atoms with van der Waals surface area (Å²) in [5.41, 5.74) is 7.46. The highest BCUT2D eigenvalue weighted by Crippen LogP contribution is 2.46. The smallest absolute Gasteiger partial charge is 0.337 e. The van der Waals surface area contributed by atoms with E-state index in [2.05, 4.69) is 24.1 Å². The molecule has 0 spiro atoms. The number of pyridine rings is 1. The predicted octanol–water partition coefficient (Wildman–Crippen LogP) is 4.82. The van der Waals surface area contributed by atoms with Gasteiger partial charge in [0.25, 0.3) is 5.88 Å². The molecule has 0 amide bonds. The zero-order valence-electron chi connectivity index (χ0n) is 21.6. The van der Waals surface area contributed by atoms with Crippen molar-refractivity contribution in [1.29, 1.82) is 0 Å². The zero-order chi connectivity index (χ0) is 26.1. The van der Waals surface area contributed by atoms with E-state index in [4.69, 9.17) is 24.7 Å². The lowest BCUT2D eigenvalue weighted by Gasteiger charge is -2.22. The van der Waals surface area contributed by atoms with Crippen molar-refractivity contribution in [3.8, 4) is 23.1 Å². The van der Waals surface area contributed by atoms with E-state index in [0.717, 1.165) is 44.3 Å². The Labute approximate surface area is 212 Å². The van der Waals surface area contributed by atoms with Gasteiger partial charge in [0.1, 0.15) is 5.52 Å². The highest BCUT2D eigenvalue weighted by Gasteiger charge is 2.27. The molecule has 3 rings (SSSR count). The number of anilines is 1. The van der Waals surface area contributed by atoms with Gasteiger partial charge in [-0.1, -0.05) is 32.6 Å². The van der Waals surface area contributed by atoms with Crippen LogP contribution < -0.4 is 30.0 Å². The van der Waals surface area contributed by atoms with Gasteiger partial charge in [-0.15, -0.1) is 0 Å². The minimum Gasteiger partial charge on any atom is -0.493 e. The molecule has 0 bridgehead atoms. The first-order valence-corrected chi connectivity index (χ1v) is 12.7. The van der Waals surface area contributed by atoms with Gasteiger partial charge in [-0.3, -0.25) is 0 Å². The van der Waals surface area contributed by atoms with Gasteiger partial charge in [-0.05, 0) is 39.7 Å². The maximum absolute atomic E-state index is 12.2. The van der Waals surface area contributed by atoms with Gasteiger partial charge >= 0.3 is 11.9 Å². The molecule has 1 aromatic carbocycles. The number of nitrogens with one attached hydrogen (secondary N) is 1. The van der Waals surface area contributed by atoms with Gasteiger partial charge in [0.15, 0.2) is 17.2 Å². The number of ether oxygens (including phenoxy) is 4. The van der Waals surface area contributed by atoms with Crippen LogP contribution in [0, 0.1) is 6.92 Å². The number of fused-ring (bicyclic) bond motifs is 2. The van der Waals surface area contributed by atoms with Crippen molar-refractivity contribution in [3.05, 3.63) is 23.8 Å². The van der Waals surface area contributed by atoms with Crippen molar-refractivity contribution in [1.82, 2.24) is 4.98 Å². The summed E-state index contributed by atoms with van der Waals surface area (Å²) in [6.45, 7) is 7.12. The molecule has 1 aliphatic heterocycles. The minimum absolute atomic E-state index is 0.0731. The van der Waals surface area contributed by atoms with Crippen LogP contribution in [0.25, 0.3) is 10.9 Å². The number of esters is 2. The van der Waals surface area contributed by atoms with Gasteiger partial charge in [0.2, 0.25) is 0 Å². The van der Waals surface area contributed by atoms with E-state index >= 15 is 0 Å². The molecule has 0 saturated carbocycles. The molecular formula is C27H37N3O6. The number of nitrogens with zero attached hydrogens (tertiary/aromatic N) is 1. The molecule has 1 aromatic heterocycles. The Kier molecular flexibility index (Phi) is 9.93. The molecule has 196 valence electrons. The summed E-state index contributed by atoms with van der Waals surface area (Å²) in [6, 6.07) is 1.93. The lowest BCUT2D eigenvalue weighted by molar-refractivity contribution is -0.133. The summed E-state index contributed by atoms with van der Waals surface area (Å²) < 4.78 is 22.9. The quantitative estimate of drug-likeness (QED) is 0.295. The third kappa shape index (κ3) is 6.66. The summed E-state index contributed by atoms with van der Waals surface area (Å²) in [7, 11) is 1.58. The largest absolute Gasteiger partial charge is 0.493 e. The van der Waals surface area contributed by atoms with Crippen molar-refractivity contribution in [3.63, 3.8) is 0 Å². The van der Waals surface area contributed by atoms with Crippen molar-refractivity contribution in [2.24, 2.45) is 5.73 Å². The maximum atomic E-state index is 12.2. The zero-order valence-corrected chi connectivity index (χ0v) is 21.6. The summed E-state index contributed by atoms with van der Waals surface area (Å²) >= 11 is 0. The summed E-state index contributed by atoms with van der Waals surface area (Å²) in [5, 5.41) is 4.11. The Bertz CT molecular complexity index is 1110. The van der Waals surface area contributed by atoms with Crippen LogP contribution >= 0.6 is 0 Å². The maximum Gasteiger partial charge on any atom is 0.337 e. The fraction of sp³-hybridized carbons (Fsp3) is 0.519. The number of aryl methyl sites for hydroxylation is 1. The molecule has 1 unspecified atom stereocenters. The summed E-state index contributed by atoms with van der Waals surface area (Å²) in [4.78, 5) is 29.0. The second-order valence-electron chi connectivity index (χ2n) is 8.96. The molecule has 1 aliphatic rings. The van der Waals surface area contributed by atoms with E-state index < -0.39 is 11.9 Å². The molecule has 36 heavy (non-hydrogen) atoms. The highest BCUT2D eigenvalue weighted by atomic mass is 16.6. The monoisotopic (exact) mass is 499 g/mol. The van der Waals surface area contributed by atoms with E-state index in [0.29, 0.717) is 46.8 Å². The summed E-state index contributed by atoms with van der Waals surface area (Å²) in [5.74, 6) is -0.349. The number of carbonyl (C=O) groups excluding carboxylic acids is 2. The van der Waals surface area contributed by atoms with Gasteiger partial charge in [-0.25, -0.2) is 14.6 Å². The highest BCUT2D eigenvalue weighted by molar-refractivity contribution is 6.03. The first kappa shape index (κ1) is 27.3. The number of rotatable bonds is 13. The lowest BCUT2D eigenvalue weighted by Crippen LogP contribution is -2.18. The average molecular weight is 500 g/mol. The molecule has 0 aliphatic carbocycles. The van der Waals surface area contributed by atoms with E-state index in [-0.39, 0.29) is 17.7 Å². The second-order valence-corrected chi connectivity index (χ2v) is 8.96. The first-order chi connectivity index (χ1) is 17.4. The first-order valence-electron chi connectivity index (χ1n) is 12.7. The molecule has 9 heteroatoms. The van der Waals surface area contributed by atoms with E-state index in [1.165, 1.54) is 12.8 Å². The van der Waals surface area contributed by atoms with E-state index in [9.17, 15) is 9.59 Å². The fourth-order valence-corrected chi connectivity index (χ4v) is 4.16. The predicted molar refractivity (Wildman–Crippen MR) is 139 cm³/mol. The molecule has 3 N–H and O–H groups in total. The Hall–Kier alpha value is -3.33. The van der Waals surface area contributed by atoms with E-state index in [1.54, 1.807) is 14.0 Å². The molecule has 9 nitrogen and oxygen atoms in total. The van der Waals surface area contributed by atoms with E-state index in [1.807, 2.05) is 6.07 Å². The Balaban J connectivity index is 2.12. The van der Waals surface area contributed by atoms with Gasteiger partial charge in [-0.2, -0.15) is 0 Å².